The van der Waals surface area contributed by atoms with Crippen LogP contribution in [0.5, 0.6) is 0 Å². The zero-order valence-electron chi connectivity index (χ0n) is 8.88. The van der Waals surface area contributed by atoms with E-state index in [9.17, 15) is 5.11 Å². The van der Waals surface area contributed by atoms with Crippen molar-refractivity contribution in [2.45, 2.75) is 13.0 Å². The summed E-state index contributed by atoms with van der Waals surface area (Å²) in [6.07, 6.45) is -0.639. The standard InChI is InChI=1S/C12H9Br2ClOS/c1-6-2-7(4-8(15)3-6)11(16)10-5-9(13)12(14)17-10/h2-5,11,16H,1H3. The summed E-state index contributed by atoms with van der Waals surface area (Å²) in [4.78, 5) is 0.880. The molecule has 0 spiro atoms. The molecule has 0 aliphatic rings. The second-order valence-corrected chi connectivity index (χ2v) is 7.43. The van der Waals surface area contributed by atoms with Crippen LogP contribution < -0.4 is 0 Å². The minimum atomic E-state index is -0.639. The summed E-state index contributed by atoms with van der Waals surface area (Å²) < 4.78 is 1.93. The minimum Gasteiger partial charge on any atom is -0.383 e. The Morgan fingerprint density at radius 1 is 1.24 bits per heavy atom. The summed E-state index contributed by atoms with van der Waals surface area (Å²) in [5, 5.41) is 10.9. The van der Waals surface area contributed by atoms with Gasteiger partial charge in [0, 0.05) is 14.4 Å². The van der Waals surface area contributed by atoms with Gasteiger partial charge in [-0.3, -0.25) is 0 Å². The van der Waals surface area contributed by atoms with Crippen LogP contribution >= 0.6 is 54.8 Å². The monoisotopic (exact) mass is 394 g/mol. The van der Waals surface area contributed by atoms with Gasteiger partial charge in [-0.05, 0) is 68.1 Å². The van der Waals surface area contributed by atoms with Crippen LogP contribution in [-0.4, -0.2) is 5.11 Å². The van der Waals surface area contributed by atoms with Crippen LogP contribution in [0.3, 0.4) is 0 Å². The molecule has 1 nitrogen and oxygen atoms in total. The Morgan fingerprint density at radius 3 is 2.47 bits per heavy atom. The minimum absolute atomic E-state index is 0.639. The highest BCUT2D eigenvalue weighted by Crippen LogP contribution is 2.38. The fraction of sp³-hybridized carbons (Fsp3) is 0.167. The first-order chi connectivity index (χ1) is 7.97. The quantitative estimate of drug-likeness (QED) is 0.729. The lowest BCUT2D eigenvalue weighted by Gasteiger charge is -2.10. The molecule has 17 heavy (non-hydrogen) atoms. The van der Waals surface area contributed by atoms with Crippen LogP contribution in [0.4, 0.5) is 0 Å². The lowest BCUT2D eigenvalue weighted by Crippen LogP contribution is -1.97. The molecule has 0 aliphatic heterocycles. The van der Waals surface area contributed by atoms with Crippen LogP contribution in [0.1, 0.15) is 22.1 Å². The second kappa shape index (κ2) is 5.41. The molecule has 0 amide bonds. The van der Waals surface area contributed by atoms with E-state index < -0.39 is 6.10 Å². The maximum Gasteiger partial charge on any atom is 0.113 e. The molecule has 1 N–H and O–H groups in total. The molecule has 0 fully saturated rings. The summed E-state index contributed by atoms with van der Waals surface area (Å²) in [6, 6.07) is 7.52. The third kappa shape index (κ3) is 3.12. The molecule has 2 aromatic rings. The Bertz CT molecular complexity index is 514. The second-order valence-electron chi connectivity index (χ2n) is 3.73. The van der Waals surface area contributed by atoms with Crippen molar-refractivity contribution in [1.82, 2.24) is 0 Å². The summed E-state index contributed by atoms with van der Waals surface area (Å²) in [7, 11) is 0. The average molecular weight is 397 g/mol. The van der Waals surface area contributed by atoms with E-state index in [1.165, 1.54) is 11.3 Å². The largest absolute Gasteiger partial charge is 0.383 e. The van der Waals surface area contributed by atoms with Crippen molar-refractivity contribution >= 4 is 54.8 Å². The van der Waals surface area contributed by atoms with E-state index in [-0.39, 0.29) is 0 Å². The van der Waals surface area contributed by atoms with Gasteiger partial charge in [-0.1, -0.05) is 17.7 Å². The third-order valence-corrected chi connectivity index (χ3v) is 5.84. The topological polar surface area (TPSA) is 20.2 Å². The van der Waals surface area contributed by atoms with Crippen molar-refractivity contribution in [1.29, 1.82) is 0 Å². The lowest BCUT2D eigenvalue weighted by atomic mass is 10.1. The maximum atomic E-state index is 10.3. The Hall–Kier alpha value is 0.130. The van der Waals surface area contributed by atoms with Crippen molar-refractivity contribution < 1.29 is 5.11 Å². The zero-order valence-corrected chi connectivity index (χ0v) is 13.6. The first-order valence-corrected chi connectivity index (χ1v) is 7.65. The maximum absolute atomic E-state index is 10.3. The van der Waals surface area contributed by atoms with Crippen LogP contribution in [0.25, 0.3) is 0 Å². The van der Waals surface area contributed by atoms with E-state index in [2.05, 4.69) is 31.9 Å². The van der Waals surface area contributed by atoms with Crippen LogP contribution in [0.15, 0.2) is 32.5 Å². The number of aliphatic hydroxyl groups is 1. The number of hydrogen-bond acceptors (Lipinski definition) is 2. The van der Waals surface area contributed by atoms with Crippen LogP contribution in [0.2, 0.25) is 5.02 Å². The van der Waals surface area contributed by atoms with Gasteiger partial charge >= 0.3 is 0 Å². The molecule has 0 saturated carbocycles. The molecule has 1 heterocycles. The molecule has 1 unspecified atom stereocenters. The molecular weight excluding hydrogens is 387 g/mol. The van der Waals surface area contributed by atoms with Crippen molar-refractivity contribution in [2.75, 3.05) is 0 Å². The van der Waals surface area contributed by atoms with Crippen LogP contribution in [-0.2, 0) is 0 Å². The molecule has 0 saturated heterocycles. The van der Waals surface area contributed by atoms with E-state index in [1.807, 2.05) is 25.1 Å². The average Bonchev–Trinajstić information content (AvgIpc) is 2.57. The highest BCUT2D eigenvalue weighted by atomic mass is 79.9. The summed E-state index contributed by atoms with van der Waals surface area (Å²) in [6.45, 7) is 1.96. The van der Waals surface area contributed by atoms with E-state index >= 15 is 0 Å². The van der Waals surface area contributed by atoms with Gasteiger partial charge in [0.15, 0.2) is 0 Å². The van der Waals surface area contributed by atoms with E-state index in [0.29, 0.717) is 5.02 Å². The molecule has 1 atom stereocenters. The highest BCUT2D eigenvalue weighted by molar-refractivity contribution is 9.13. The fourth-order valence-electron chi connectivity index (χ4n) is 1.58. The molecule has 0 bridgehead atoms. The van der Waals surface area contributed by atoms with Gasteiger partial charge in [-0.25, -0.2) is 0 Å². The predicted molar refractivity (Wildman–Crippen MR) is 80.0 cm³/mol. The number of rotatable bonds is 2. The molecule has 1 aromatic heterocycles. The van der Waals surface area contributed by atoms with Crippen molar-refractivity contribution in [3.05, 3.63) is 53.6 Å². The number of aryl methyl sites for hydroxylation is 1. The van der Waals surface area contributed by atoms with Gasteiger partial charge in [-0.2, -0.15) is 0 Å². The molecule has 1 aromatic carbocycles. The highest BCUT2D eigenvalue weighted by Gasteiger charge is 2.15. The Morgan fingerprint density at radius 2 is 1.94 bits per heavy atom. The SMILES string of the molecule is Cc1cc(Cl)cc(C(O)c2cc(Br)c(Br)s2)c1. The van der Waals surface area contributed by atoms with Crippen molar-refractivity contribution in [3.8, 4) is 0 Å². The van der Waals surface area contributed by atoms with Gasteiger partial charge in [-0.15, -0.1) is 11.3 Å². The first-order valence-electron chi connectivity index (χ1n) is 4.87. The van der Waals surface area contributed by atoms with Crippen LogP contribution in [0, 0.1) is 6.92 Å². The number of hydrogen-bond donors (Lipinski definition) is 1. The Labute approximate surface area is 126 Å². The number of thiophene rings is 1. The number of aliphatic hydroxyl groups excluding tert-OH is 1. The van der Waals surface area contributed by atoms with Gasteiger partial charge in [0.05, 0.1) is 3.79 Å². The molecule has 0 radical (unpaired) electrons. The first kappa shape index (κ1) is 13.6. The molecule has 5 heteroatoms. The number of benzene rings is 1. The Kier molecular flexibility index (Phi) is 4.31. The fourth-order valence-corrected chi connectivity index (χ4v) is 3.99. The van der Waals surface area contributed by atoms with Gasteiger partial charge in [0.25, 0.3) is 0 Å². The van der Waals surface area contributed by atoms with E-state index in [0.717, 1.165) is 24.3 Å². The molecule has 90 valence electrons. The molecular formula is C12H9Br2ClOS. The zero-order chi connectivity index (χ0) is 12.6. The van der Waals surface area contributed by atoms with Gasteiger partial charge in [0.2, 0.25) is 0 Å². The number of halogens is 3. The summed E-state index contributed by atoms with van der Waals surface area (Å²) in [5.74, 6) is 0. The third-order valence-electron chi connectivity index (χ3n) is 2.31. The normalized spacial score (nSPS) is 12.8. The molecule has 0 aliphatic carbocycles. The van der Waals surface area contributed by atoms with E-state index in [4.69, 9.17) is 11.6 Å². The van der Waals surface area contributed by atoms with Gasteiger partial charge < -0.3 is 5.11 Å². The summed E-state index contributed by atoms with van der Waals surface area (Å²) in [5.41, 5.74) is 1.86. The predicted octanol–water partition coefficient (Wildman–Crippen LogP) is 5.32. The lowest BCUT2D eigenvalue weighted by molar-refractivity contribution is 0.224. The van der Waals surface area contributed by atoms with Crippen molar-refractivity contribution in [3.63, 3.8) is 0 Å². The molecule has 2 rings (SSSR count). The van der Waals surface area contributed by atoms with E-state index in [1.54, 1.807) is 6.07 Å². The smallest absolute Gasteiger partial charge is 0.113 e. The Balaban J connectivity index is 2.39. The summed E-state index contributed by atoms with van der Waals surface area (Å²) >= 11 is 14.3. The van der Waals surface area contributed by atoms with Gasteiger partial charge in [0.1, 0.15) is 6.10 Å². The van der Waals surface area contributed by atoms with Crippen molar-refractivity contribution in [2.24, 2.45) is 0 Å².